The van der Waals surface area contributed by atoms with Crippen LogP contribution in [0.2, 0.25) is 0 Å². The number of allylic oxidation sites excluding steroid dienone is 1. The van der Waals surface area contributed by atoms with Crippen LogP contribution in [0.3, 0.4) is 0 Å². The smallest absolute Gasteiger partial charge is 0.225 e. The van der Waals surface area contributed by atoms with E-state index in [4.69, 9.17) is 6.58 Å². The number of amides is 1. The van der Waals surface area contributed by atoms with Gasteiger partial charge in [0.25, 0.3) is 0 Å². The summed E-state index contributed by atoms with van der Waals surface area (Å²) in [5.41, 5.74) is 6.42. The predicted octanol–water partition coefficient (Wildman–Crippen LogP) is 5.13. The van der Waals surface area contributed by atoms with Crippen molar-refractivity contribution in [3.8, 4) is 0 Å². The minimum Gasteiger partial charge on any atom is -0.373 e. The number of hydrogen-bond donors (Lipinski definition) is 4. The first-order valence-corrected chi connectivity index (χ1v) is 24.4. The van der Waals surface area contributed by atoms with Crippen molar-refractivity contribution < 1.29 is 9.59 Å². The van der Waals surface area contributed by atoms with Crippen LogP contribution in [0, 0.1) is 47.3 Å². The summed E-state index contributed by atoms with van der Waals surface area (Å²) in [5, 5.41) is 14.1. The van der Waals surface area contributed by atoms with Crippen LogP contribution in [0.5, 0.6) is 0 Å². The van der Waals surface area contributed by atoms with Crippen molar-refractivity contribution in [2.45, 2.75) is 107 Å². The number of nitrogens with one attached hydrogen (secondary N) is 4. The number of Topliss-reactive ketones (excluding diaryl/α,β-unsaturated/α-hetero) is 1. The number of nitrogens with zero attached hydrogens (tertiary/aromatic N) is 3. The van der Waals surface area contributed by atoms with Gasteiger partial charge in [-0.05, 0) is 161 Å². The highest BCUT2D eigenvalue weighted by molar-refractivity contribution is 5.83. The van der Waals surface area contributed by atoms with E-state index in [-0.39, 0.29) is 17.8 Å². The van der Waals surface area contributed by atoms with Gasteiger partial charge in [-0.2, -0.15) is 0 Å². The van der Waals surface area contributed by atoms with Crippen molar-refractivity contribution in [1.82, 2.24) is 36.0 Å². The van der Waals surface area contributed by atoms with Crippen LogP contribution >= 0.6 is 0 Å². The van der Waals surface area contributed by atoms with Crippen LogP contribution in [-0.4, -0.2) is 124 Å². The maximum absolute atomic E-state index is 14.3. The SMILES string of the molecule is C=C(C1CC(C(=O)C2CCNCC2)CC(C2CCC3Cc4ccc(C5CC(C(=O)N6CCNCC6)CC(C6(N7CCNCC7)CC6)C5)cc4C3C2)C1)N1CCNCC1. The van der Waals surface area contributed by atoms with E-state index in [1.165, 1.54) is 62.6 Å². The van der Waals surface area contributed by atoms with Gasteiger partial charge in [0, 0.05) is 108 Å². The standard InChI is InChI=1S/C49H75N7O2/c1-33(54-18-12-51-13-19-54)39-25-40(27-42(26-39)47(57)34-6-10-50-11-7-34)35-2-4-37-24-38-5-3-36(32-46(38)45(37)31-35)41-28-43(48(58)55-20-14-52-15-21-55)30-44(29-41)49(8-9-49)56-22-16-53-17-23-56/h3,5,32,34-35,37,39-45,50-53H,1-2,4,6-31H2. The highest BCUT2D eigenvalue weighted by Gasteiger charge is 2.56. The zero-order chi connectivity index (χ0) is 39.2. The molecule has 9 heteroatoms. The molecule has 1 aromatic rings. The van der Waals surface area contributed by atoms with Crippen molar-refractivity contribution >= 4 is 11.7 Å². The molecule has 4 heterocycles. The number of benzene rings is 1. The summed E-state index contributed by atoms with van der Waals surface area (Å²) in [7, 11) is 0. The molecule has 4 aliphatic heterocycles. The summed E-state index contributed by atoms with van der Waals surface area (Å²) in [6.45, 7) is 18.9. The summed E-state index contributed by atoms with van der Waals surface area (Å²) in [5.74, 6) is 5.76. The van der Waals surface area contributed by atoms with E-state index >= 15 is 0 Å². The average molecular weight is 794 g/mol. The van der Waals surface area contributed by atoms with E-state index in [0.29, 0.717) is 52.7 Å². The molecule has 1 aromatic carbocycles. The number of hydrogen-bond acceptors (Lipinski definition) is 8. The normalized spacial score (nSPS) is 37.1. The number of rotatable bonds is 9. The molecule has 1 amide bonds. The molecule has 4 saturated heterocycles. The zero-order valence-electron chi connectivity index (χ0n) is 35.7. The number of fused-ring (bicyclic) bond motifs is 3. The van der Waals surface area contributed by atoms with E-state index in [2.05, 4.69) is 54.2 Å². The molecule has 5 aliphatic carbocycles. The molecule has 9 nitrogen and oxygen atoms in total. The molecule has 9 aliphatic rings. The van der Waals surface area contributed by atoms with E-state index < -0.39 is 0 Å². The maximum atomic E-state index is 14.3. The number of carbonyl (C=O) groups is 2. The van der Waals surface area contributed by atoms with Crippen LogP contribution in [0.25, 0.3) is 0 Å². The van der Waals surface area contributed by atoms with Gasteiger partial charge in [-0.3, -0.25) is 14.5 Å². The van der Waals surface area contributed by atoms with Gasteiger partial charge < -0.3 is 31.1 Å². The number of carbonyl (C=O) groups excluding carboxylic acids is 2. The van der Waals surface area contributed by atoms with Crippen molar-refractivity contribution in [2.24, 2.45) is 47.3 Å². The third-order valence-electron chi connectivity index (χ3n) is 17.9. The van der Waals surface area contributed by atoms with E-state index in [0.717, 1.165) is 136 Å². The van der Waals surface area contributed by atoms with Crippen molar-refractivity contribution in [3.05, 3.63) is 47.2 Å². The lowest BCUT2D eigenvalue weighted by molar-refractivity contribution is -0.138. The Bertz CT molecular complexity index is 1600. The highest BCUT2D eigenvalue weighted by Crippen LogP contribution is 2.58. The minimum absolute atomic E-state index is 0.137. The van der Waals surface area contributed by atoms with Gasteiger partial charge >= 0.3 is 0 Å². The Labute approximate surface area is 349 Å². The number of piperidine rings is 1. The first-order chi connectivity index (χ1) is 28.4. The third kappa shape index (κ3) is 7.98. The van der Waals surface area contributed by atoms with Gasteiger partial charge in [-0.25, -0.2) is 0 Å². The van der Waals surface area contributed by atoms with E-state index in [1.807, 2.05) is 0 Å². The highest BCUT2D eigenvalue weighted by atomic mass is 16.2. The first-order valence-electron chi connectivity index (χ1n) is 24.4. The van der Waals surface area contributed by atoms with E-state index in [9.17, 15) is 9.59 Å². The Morgan fingerprint density at radius 3 is 1.98 bits per heavy atom. The van der Waals surface area contributed by atoms with Gasteiger partial charge in [-0.15, -0.1) is 0 Å². The Balaban J connectivity index is 0.884. The quantitative estimate of drug-likeness (QED) is 0.274. The molecule has 4 saturated carbocycles. The first kappa shape index (κ1) is 39.8. The maximum Gasteiger partial charge on any atom is 0.225 e. The third-order valence-corrected chi connectivity index (χ3v) is 17.9. The fourth-order valence-corrected chi connectivity index (χ4v) is 14.5. The molecular weight excluding hydrogens is 719 g/mol. The molecule has 10 rings (SSSR count). The second-order valence-electron chi connectivity index (χ2n) is 20.8. The Hall–Kier alpha value is -2.30. The van der Waals surface area contributed by atoms with Crippen LogP contribution in [0.15, 0.2) is 30.5 Å². The molecular formula is C49H75N7O2. The van der Waals surface area contributed by atoms with Gasteiger partial charge in [0.05, 0.1) is 0 Å². The molecule has 0 spiro atoms. The van der Waals surface area contributed by atoms with Gasteiger partial charge in [0.1, 0.15) is 5.78 Å². The van der Waals surface area contributed by atoms with Gasteiger partial charge in [0.15, 0.2) is 0 Å². The summed E-state index contributed by atoms with van der Waals surface area (Å²) in [4.78, 5) is 36.2. The molecule has 9 unspecified atom stereocenters. The lowest BCUT2D eigenvalue weighted by Crippen LogP contribution is -2.54. The molecule has 318 valence electrons. The van der Waals surface area contributed by atoms with Crippen molar-refractivity contribution in [2.75, 3.05) is 91.6 Å². The van der Waals surface area contributed by atoms with Crippen LogP contribution < -0.4 is 21.3 Å². The largest absolute Gasteiger partial charge is 0.373 e. The van der Waals surface area contributed by atoms with Crippen molar-refractivity contribution in [1.29, 1.82) is 0 Å². The summed E-state index contributed by atoms with van der Waals surface area (Å²) >= 11 is 0. The molecule has 9 atom stereocenters. The van der Waals surface area contributed by atoms with Crippen LogP contribution in [0.4, 0.5) is 0 Å². The summed E-state index contributed by atoms with van der Waals surface area (Å²) < 4.78 is 0. The second kappa shape index (κ2) is 17.2. The van der Waals surface area contributed by atoms with Crippen LogP contribution in [-0.2, 0) is 16.0 Å². The molecule has 4 N–H and O–H groups in total. The second-order valence-corrected chi connectivity index (χ2v) is 20.8. The minimum atomic E-state index is 0.137. The lowest BCUT2D eigenvalue weighted by atomic mass is 9.61. The zero-order valence-corrected chi connectivity index (χ0v) is 35.7. The Morgan fingerprint density at radius 2 is 1.26 bits per heavy atom. The predicted molar refractivity (Wildman–Crippen MR) is 232 cm³/mol. The molecule has 58 heavy (non-hydrogen) atoms. The van der Waals surface area contributed by atoms with Gasteiger partial charge in [0.2, 0.25) is 5.91 Å². The molecule has 0 aromatic heterocycles. The van der Waals surface area contributed by atoms with Gasteiger partial charge in [-0.1, -0.05) is 24.8 Å². The molecule has 0 bridgehead atoms. The Morgan fingerprint density at radius 1 is 0.603 bits per heavy atom. The van der Waals surface area contributed by atoms with Crippen LogP contribution in [0.1, 0.15) is 112 Å². The fourth-order valence-electron chi connectivity index (χ4n) is 14.5. The summed E-state index contributed by atoms with van der Waals surface area (Å²) in [6.07, 6.45) is 16.5. The fraction of sp³-hybridized carbons (Fsp3) is 0.796. The molecule has 0 radical (unpaired) electrons. The average Bonchev–Trinajstić information content (AvgIpc) is 4.04. The lowest BCUT2D eigenvalue weighted by Gasteiger charge is -2.46. The monoisotopic (exact) mass is 794 g/mol. The van der Waals surface area contributed by atoms with E-state index in [1.54, 1.807) is 11.1 Å². The molecule has 8 fully saturated rings. The topological polar surface area (TPSA) is 92.0 Å². The number of piperazine rings is 3. The summed E-state index contributed by atoms with van der Waals surface area (Å²) in [6, 6.07) is 7.72. The number of ketones is 1. The Kier molecular flexibility index (Phi) is 11.8. The van der Waals surface area contributed by atoms with Crippen molar-refractivity contribution in [3.63, 3.8) is 0 Å².